The van der Waals surface area contributed by atoms with Crippen molar-refractivity contribution in [1.82, 2.24) is 10.2 Å². The SMILES string of the molecule is CC(C)N1C(=O)CC[C@@]2(C)C1=CCc1cc(Cl)ccc12.C[C@]12CCC(=O)NC1CCc1cc(Cl)ccc12. The molecule has 2 saturated heterocycles. The molecule has 2 aromatic rings. The fourth-order valence-electron chi connectivity index (χ4n) is 6.96. The number of piperidine rings is 2. The van der Waals surface area contributed by atoms with E-state index in [1.54, 1.807) is 0 Å². The lowest BCUT2D eigenvalue weighted by molar-refractivity contribution is -0.134. The first-order valence-corrected chi connectivity index (χ1v) is 14.2. The zero-order valence-electron chi connectivity index (χ0n) is 22.2. The molecule has 196 valence electrons. The van der Waals surface area contributed by atoms with Gasteiger partial charge in [0, 0.05) is 51.5 Å². The summed E-state index contributed by atoms with van der Waals surface area (Å²) in [6.07, 6.45) is 8.19. The quantitative estimate of drug-likeness (QED) is 0.429. The molecule has 6 heteroatoms. The third-order valence-corrected chi connectivity index (χ3v) is 9.46. The first-order valence-electron chi connectivity index (χ1n) is 13.4. The van der Waals surface area contributed by atoms with Crippen molar-refractivity contribution >= 4 is 35.0 Å². The highest BCUT2D eigenvalue weighted by Crippen LogP contribution is 2.47. The van der Waals surface area contributed by atoms with Crippen molar-refractivity contribution in [3.05, 3.63) is 80.5 Å². The molecule has 4 nitrogen and oxygen atoms in total. The molecular formula is C31H36Cl2N2O2. The van der Waals surface area contributed by atoms with Crippen molar-refractivity contribution in [1.29, 1.82) is 0 Å². The molecule has 1 N–H and O–H groups in total. The van der Waals surface area contributed by atoms with Crippen LogP contribution in [0.15, 0.2) is 48.2 Å². The summed E-state index contributed by atoms with van der Waals surface area (Å²) in [5, 5.41) is 4.74. The Balaban J connectivity index is 0.000000153. The van der Waals surface area contributed by atoms with E-state index in [4.69, 9.17) is 23.2 Å². The van der Waals surface area contributed by atoms with Crippen LogP contribution in [0.2, 0.25) is 10.0 Å². The van der Waals surface area contributed by atoms with E-state index < -0.39 is 0 Å². The number of aryl methyl sites for hydroxylation is 1. The van der Waals surface area contributed by atoms with E-state index in [0.29, 0.717) is 12.8 Å². The summed E-state index contributed by atoms with van der Waals surface area (Å²) >= 11 is 12.2. The summed E-state index contributed by atoms with van der Waals surface area (Å²) in [7, 11) is 0. The van der Waals surface area contributed by atoms with Crippen LogP contribution in [0.3, 0.4) is 0 Å². The average Bonchev–Trinajstić information content (AvgIpc) is 2.85. The third-order valence-electron chi connectivity index (χ3n) is 8.99. The van der Waals surface area contributed by atoms with Crippen LogP contribution in [0, 0.1) is 0 Å². The van der Waals surface area contributed by atoms with Crippen LogP contribution in [0.25, 0.3) is 0 Å². The van der Waals surface area contributed by atoms with Gasteiger partial charge in [0.25, 0.3) is 0 Å². The van der Waals surface area contributed by atoms with Gasteiger partial charge in [-0.1, -0.05) is 48.3 Å². The summed E-state index contributed by atoms with van der Waals surface area (Å²) in [5.41, 5.74) is 6.56. The van der Waals surface area contributed by atoms with Crippen LogP contribution in [0.4, 0.5) is 0 Å². The highest BCUT2D eigenvalue weighted by atomic mass is 35.5. The van der Waals surface area contributed by atoms with Gasteiger partial charge in [-0.2, -0.15) is 0 Å². The Morgan fingerprint density at radius 1 is 0.919 bits per heavy atom. The van der Waals surface area contributed by atoms with Crippen LogP contribution in [0.1, 0.15) is 82.1 Å². The number of carbonyl (C=O) groups is 2. The molecule has 37 heavy (non-hydrogen) atoms. The molecule has 1 unspecified atom stereocenters. The second-order valence-corrected chi connectivity index (χ2v) is 12.5. The van der Waals surface area contributed by atoms with E-state index in [1.165, 1.54) is 28.0 Å². The fraction of sp³-hybridized carbons (Fsp3) is 0.484. The lowest BCUT2D eigenvalue weighted by Gasteiger charge is -2.47. The number of rotatable bonds is 1. The largest absolute Gasteiger partial charge is 0.352 e. The Morgan fingerprint density at radius 3 is 2.30 bits per heavy atom. The van der Waals surface area contributed by atoms with Gasteiger partial charge in [-0.3, -0.25) is 9.59 Å². The Kier molecular flexibility index (Phi) is 6.96. The number of halogens is 2. The summed E-state index contributed by atoms with van der Waals surface area (Å²) in [6.45, 7) is 8.69. The monoisotopic (exact) mass is 538 g/mol. The molecule has 3 atom stereocenters. The second kappa shape index (κ2) is 9.78. The van der Waals surface area contributed by atoms with Gasteiger partial charge in [-0.25, -0.2) is 0 Å². The molecular weight excluding hydrogens is 503 g/mol. The van der Waals surface area contributed by atoms with Crippen molar-refractivity contribution in [3.8, 4) is 0 Å². The van der Waals surface area contributed by atoms with Gasteiger partial charge >= 0.3 is 0 Å². The highest BCUT2D eigenvalue weighted by Gasteiger charge is 2.45. The Bertz CT molecular complexity index is 1290. The topological polar surface area (TPSA) is 49.4 Å². The number of benzene rings is 2. The number of carbonyl (C=O) groups excluding carboxylic acids is 2. The first-order chi connectivity index (χ1) is 17.5. The normalized spacial score (nSPS) is 28.1. The predicted octanol–water partition coefficient (Wildman–Crippen LogP) is 6.89. The van der Waals surface area contributed by atoms with E-state index in [2.05, 4.69) is 63.4 Å². The summed E-state index contributed by atoms with van der Waals surface area (Å²) in [6, 6.07) is 12.8. The number of nitrogens with one attached hydrogen (secondary N) is 1. The minimum Gasteiger partial charge on any atom is -0.352 e. The second-order valence-electron chi connectivity index (χ2n) is 11.7. The fourth-order valence-corrected chi connectivity index (χ4v) is 7.35. The number of fused-ring (bicyclic) bond motifs is 6. The zero-order valence-corrected chi connectivity index (χ0v) is 23.7. The van der Waals surface area contributed by atoms with Crippen LogP contribution in [-0.4, -0.2) is 28.8 Å². The molecule has 4 aliphatic rings. The summed E-state index contributed by atoms with van der Waals surface area (Å²) in [5.74, 6) is 0.450. The van der Waals surface area contributed by atoms with E-state index in [0.717, 1.165) is 42.1 Å². The molecule has 2 aliphatic heterocycles. The van der Waals surface area contributed by atoms with E-state index >= 15 is 0 Å². The third kappa shape index (κ3) is 4.61. The number of hydrogen-bond donors (Lipinski definition) is 1. The molecule has 2 fully saturated rings. The smallest absolute Gasteiger partial charge is 0.227 e. The zero-order chi connectivity index (χ0) is 26.5. The lowest BCUT2D eigenvalue weighted by Crippen LogP contribution is -2.55. The number of nitrogens with zero attached hydrogens (tertiary/aromatic N) is 1. The maximum absolute atomic E-state index is 12.3. The minimum absolute atomic E-state index is 0.0592. The van der Waals surface area contributed by atoms with E-state index in [9.17, 15) is 9.59 Å². The molecule has 2 aliphatic carbocycles. The van der Waals surface area contributed by atoms with Crippen LogP contribution in [0.5, 0.6) is 0 Å². The standard InChI is InChI=1S/C17H20ClNO.C14H16ClNO/c1-11(2)19-15-7-4-12-10-13(18)5-6-14(12)17(15,3)9-8-16(19)20;1-14-7-6-13(17)16-12(14)5-2-9-8-10(15)3-4-11(9)14/h5-7,10-11H,4,8-9H2,1-3H3;3-4,8,12H,2,5-7H2,1H3,(H,16,17)/t17-;12?,14-/m11/s1. The molecule has 6 rings (SSSR count). The molecule has 0 bridgehead atoms. The molecule has 0 aromatic heterocycles. The molecule has 2 amide bonds. The molecule has 0 radical (unpaired) electrons. The predicted molar refractivity (Wildman–Crippen MR) is 150 cm³/mol. The van der Waals surface area contributed by atoms with Crippen LogP contribution in [-0.2, 0) is 33.3 Å². The van der Waals surface area contributed by atoms with Crippen molar-refractivity contribution < 1.29 is 9.59 Å². The minimum atomic E-state index is -0.0592. The lowest BCUT2D eigenvalue weighted by atomic mass is 9.64. The van der Waals surface area contributed by atoms with Gasteiger partial charge in [-0.15, -0.1) is 0 Å². The Labute approximate surface area is 230 Å². The van der Waals surface area contributed by atoms with Gasteiger partial charge in [-0.05, 0) is 99.4 Å². The van der Waals surface area contributed by atoms with Gasteiger partial charge in [0.1, 0.15) is 0 Å². The maximum Gasteiger partial charge on any atom is 0.227 e. The summed E-state index contributed by atoms with van der Waals surface area (Å²) < 4.78 is 0. The number of amides is 2. The maximum atomic E-state index is 12.3. The molecule has 0 spiro atoms. The van der Waals surface area contributed by atoms with Crippen LogP contribution < -0.4 is 5.32 Å². The number of hydrogen-bond acceptors (Lipinski definition) is 2. The van der Waals surface area contributed by atoms with E-state index in [1.807, 2.05) is 17.0 Å². The van der Waals surface area contributed by atoms with Crippen molar-refractivity contribution in [3.63, 3.8) is 0 Å². The van der Waals surface area contributed by atoms with Crippen molar-refractivity contribution in [2.75, 3.05) is 0 Å². The van der Waals surface area contributed by atoms with Crippen molar-refractivity contribution in [2.45, 2.75) is 95.6 Å². The van der Waals surface area contributed by atoms with E-state index in [-0.39, 0.29) is 34.7 Å². The Hall–Kier alpha value is -2.30. The molecule has 0 saturated carbocycles. The molecule has 2 aromatic carbocycles. The number of likely N-dealkylation sites (tertiary alicyclic amines) is 1. The first kappa shape index (κ1) is 26.3. The van der Waals surface area contributed by atoms with Gasteiger partial charge in [0.15, 0.2) is 0 Å². The van der Waals surface area contributed by atoms with Gasteiger partial charge < -0.3 is 10.2 Å². The van der Waals surface area contributed by atoms with Gasteiger partial charge in [0.2, 0.25) is 11.8 Å². The number of allylic oxidation sites excluding steroid dienone is 2. The van der Waals surface area contributed by atoms with Gasteiger partial charge in [0.05, 0.1) is 0 Å². The van der Waals surface area contributed by atoms with Crippen LogP contribution >= 0.6 is 23.2 Å². The Morgan fingerprint density at radius 2 is 1.59 bits per heavy atom. The average molecular weight is 540 g/mol. The van der Waals surface area contributed by atoms with Crippen molar-refractivity contribution in [2.24, 2.45) is 0 Å². The summed E-state index contributed by atoms with van der Waals surface area (Å²) in [4.78, 5) is 25.7. The molecule has 2 heterocycles. The highest BCUT2D eigenvalue weighted by molar-refractivity contribution is 6.31.